The maximum atomic E-state index is 13.1. The van der Waals surface area contributed by atoms with Crippen molar-refractivity contribution in [3.05, 3.63) is 47.7 Å². The number of ether oxygens (including phenoxy) is 3. The quantitative estimate of drug-likeness (QED) is 0.581. The summed E-state index contributed by atoms with van der Waals surface area (Å²) in [6.45, 7) is 1.89. The first-order valence-electron chi connectivity index (χ1n) is 11.7. The minimum Gasteiger partial charge on any atom is -0.479 e. The third-order valence-corrected chi connectivity index (χ3v) is 6.83. The largest absolute Gasteiger partial charge is 0.479 e. The van der Waals surface area contributed by atoms with E-state index in [-0.39, 0.29) is 17.8 Å². The van der Waals surface area contributed by atoms with Crippen LogP contribution in [0, 0.1) is 5.92 Å². The van der Waals surface area contributed by atoms with E-state index in [0.717, 1.165) is 5.56 Å². The van der Waals surface area contributed by atoms with Crippen molar-refractivity contribution in [1.29, 1.82) is 0 Å². The molecule has 0 spiro atoms. The summed E-state index contributed by atoms with van der Waals surface area (Å²) in [5, 5.41) is 0. The molecular weight excluding hydrogens is 438 g/mol. The smallest absolute Gasteiger partial charge is 0.329 e. The summed E-state index contributed by atoms with van der Waals surface area (Å²) in [5.41, 5.74) is 2.03. The van der Waals surface area contributed by atoms with Crippen LogP contribution in [0.2, 0.25) is 0 Å². The van der Waals surface area contributed by atoms with Crippen molar-refractivity contribution < 1.29 is 28.6 Å². The number of fused-ring (bicyclic) bond motifs is 1. The monoisotopic (exact) mass is 463 g/mol. The van der Waals surface area contributed by atoms with E-state index in [9.17, 15) is 14.4 Å². The highest BCUT2D eigenvalue weighted by molar-refractivity contribution is 6.04. The molecule has 9 heteroatoms. The molecule has 1 saturated carbocycles. The van der Waals surface area contributed by atoms with E-state index in [4.69, 9.17) is 14.2 Å². The van der Waals surface area contributed by atoms with Gasteiger partial charge in [0.25, 0.3) is 11.8 Å². The molecule has 4 aliphatic rings. The molecule has 0 radical (unpaired) electrons. The molecule has 3 aliphatic heterocycles. The maximum absolute atomic E-state index is 13.1. The van der Waals surface area contributed by atoms with E-state index in [1.165, 1.54) is 12.8 Å². The van der Waals surface area contributed by atoms with E-state index in [1.807, 2.05) is 12.1 Å². The molecule has 9 nitrogen and oxygen atoms in total. The van der Waals surface area contributed by atoms with Gasteiger partial charge in [0.05, 0.1) is 19.4 Å². The highest BCUT2D eigenvalue weighted by atomic mass is 16.5. The van der Waals surface area contributed by atoms with Crippen LogP contribution in [0.5, 0.6) is 11.6 Å². The number of esters is 1. The third-order valence-electron chi connectivity index (χ3n) is 6.83. The minimum absolute atomic E-state index is 0.157. The fourth-order valence-corrected chi connectivity index (χ4v) is 4.69. The molecule has 176 valence electrons. The van der Waals surface area contributed by atoms with Crippen molar-refractivity contribution in [2.45, 2.75) is 44.4 Å². The summed E-state index contributed by atoms with van der Waals surface area (Å²) in [7, 11) is 0. The number of cyclic esters (lactones) is 1. The van der Waals surface area contributed by atoms with E-state index < -0.39 is 12.1 Å². The number of rotatable bonds is 7. The van der Waals surface area contributed by atoms with Gasteiger partial charge in [0.1, 0.15) is 11.8 Å². The van der Waals surface area contributed by atoms with Crippen molar-refractivity contribution >= 4 is 23.5 Å². The predicted molar refractivity (Wildman–Crippen MR) is 120 cm³/mol. The molecule has 6 rings (SSSR count). The highest BCUT2D eigenvalue weighted by Crippen LogP contribution is 2.33. The minimum atomic E-state index is -0.617. The molecular formula is C25H25N3O6. The summed E-state index contributed by atoms with van der Waals surface area (Å²) in [6, 6.07) is 8.43. The number of hydrogen-bond donors (Lipinski definition) is 0. The van der Waals surface area contributed by atoms with Crippen LogP contribution in [-0.4, -0.2) is 59.6 Å². The Hall–Kier alpha value is -3.62. The van der Waals surface area contributed by atoms with Gasteiger partial charge in [0, 0.05) is 43.2 Å². The molecule has 1 aromatic heterocycles. The van der Waals surface area contributed by atoms with Crippen LogP contribution in [0.4, 0.5) is 5.69 Å². The highest BCUT2D eigenvalue weighted by Gasteiger charge is 2.41. The first-order chi connectivity index (χ1) is 16.6. The Morgan fingerprint density at radius 1 is 1.06 bits per heavy atom. The van der Waals surface area contributed by atoms with Gasteiger partial charge in [-0.2, -0.15) is 0 Å². The summed E-state index contributed by atoms with van der Waals surface area (Å²) in [4.78, 5) is 45.5. The van der Waals surface area contributed by atoms with Crippen LogP contribution in [0.3, 0.4) is 0 Å². The standard InChI is InChI=1S/C25H25N3O6/c29-23-19-11-17(4-3-16(19)13-28(23)20-8-10-32-25(20)31)27-9-7-21(24(27)30)34-18-5-6-22(26-12-18)33-14-15-1-2-15/h3-6,11-12,15,20-21H,1-2,7-10,13-14H2/t20?,21-/m1/s1. The van der Waals surface area contributed by atoms with Gasteiger partial charge < -0.3 is 24.0 Å². The second kappa shape index (κ2) is 8.30. The maximum Gasteiger partial charge on any atom is 0.329 e. The molecule has 0 N–H and O–H groups in total. The van der Waals surface area contributed by atoms with Crippen molar-refractivity contribution in [3.63, 3.8) is 0 Å². The lowest BCUT2D eigenvalue weighted by molar-refractivity contribution is -0.141. The molecule has 2 amide bonds. The summed E-state index contributed by atoms with van der Waals surface area (Å²) in [5.74, 6) is 1.01. The van der Waals surface area contributed by atoms with Gasteiger partial charge in [-0.25, -0.2) is 9.78 Å². The molecule has 1 aliphatic carbocycles. The van der Waals surface area contributed by atoms with Gasteiger partial charge in [-0.05, 0) is 42.5 Å². The molecule has 2 atom stereocenters. The zero-order valence-electron chi connectivity index (χ0n) is 18.6. The number of benzene rings is 1. The number of carbonyl (C=O) groups is 3. The normalized spacial score (nSPS) is 23.9. The van der Waals surface area contributed by atoms with Crippen LogP contribution in [-0.2, 0) is 20.9 Å². The van der Waals surface area contributed by atoms with Crippen molar-refractivity contribution in [3.8, 4) is 11.6 Å². The van der Waals surface area contributed by atoms with Crippen molar-refractivity contribution in [2.75, 3.05) is 24.7 Å². The number of pyridine rings is 1. The molecule has 2 saturated heterocycles. The molecule has 2 aromatic rings. The summed E-state index contributed by atoms with van der Waals surface area (Å²) in [6.07, 6.45) is 4.44. The van der Waals surface area contributed by atoms with E-state index in [1.54, 1.807) is 34.2 Å². The number of nitrogens with zero attached hydrogens (tertiary/aromatic N) is 3. The van der Waals surface area contributed by atoms with E-state index in [2.05, 4.69) is 4.98 Å². The van der Waals surface area contributed by atoms with Gasteiger partial charge >= 0.3 is 5.97 Å². The molecule has 1 unspecified atom stereocenters. The molecule has 34 heavy (non-hydrogen) atoms. The first-order valence-corrected chi connectivity index (χ1v) is 11.7. The van der Waals surface area contributed by atoms with Gasteiger partial charge in [-0.15, -0.1) is 0 Å². The number of carbonyl (C=O) groups excluding carboxylic acids is 3. The average molecular weight is 463 g/mol. The Morgan fingerprint density at radius 3 is 2.68 bits per heavy atom. The first kappa shape index (κ1) is 20.9. The number of anilines is 1. The van der Waals surface area contributed by atoms with Crippen LogP contribution >= 0.6 is 0 Å². The Bertz CT molecular complexity index is 1150. The van der Waals surface area contributed by atoms with Gasteiger partial charge in [0.15, 0.2) is 6.10 Å². The lowest BCUT2D eigenvalue weighted by Gasteiger charge is -2.20. The second-order valence-corrected chi connectivity index (χ2v) is 9.22. The topological polar surface area (TPSA) is 98.3 Å². The predicted octanol–water partition coefficient (Wildman–Crippen LogP) is 2.33. The van der Waals surface area contributed by atoms with E-state index in [0.29, 0.717) is 67.9 Å². The second-order valence-electron chi connectivity index (χ2n) is 9.22. The van der Waals surface area contributed by atoms with Gasteiger partial charge in [-0.1, -0.05) is 6.07 Å². The molecule has 1 aromatic carbocycles. The van der Waals surface area contributed by atoms with Crippen molar-refractivity contribution in [1.82, 2.24) is 9.88 Å². The Balaban J connectivity index is 1.11. The number of aromatic nitrogens is 1. The zero-order valence-corrected chi connectivity index (χ0v) is 18.6. The van der Waals surface area contributed by atoms with Crippen LogP contribution in [0.1, 0.15) is 41.6 Å². The lowest BCUT2D eigenvalue weighted by atomic mass is 10.1. The number of hydrogen-bond acceptors (Lipinski definition) is 7. The van der Waals surface area contributed by atoms with Crippen LogP contribution < -0.4 is 14.4 Å². The average Bonchev–Trinajstić information content (AvgIpc) is 3.36. The van der Waals surface area contributed by atoms with Crippen LogP contribution in [0.25, 0.3) is 0 Å². The summed E-state index contributed by atoms with van der Waals surface area (Å²) >= 11 is 0. The van der Waals surface area contributed by atoms with Crippen LogP contribution in [0.15, 0.2) is 36.5 Å². The van der Waals surface area contributed by atoms with Gasteiger partial charge in [0.2, 0.25) is 5.88 Å². The van der Waals surface area contributed by atoms with Gasteiger partial charge in [-0.3, -0.25) is 9.59 Å². The Kier molecular flexibility index (Phi) is 5.12. The number of amides is 2. The molecule has 4 heterocycles. The zero-order chi connectivity index (χ0) is 23.2. The fourth-order valence-electron chi connectivity index (χ4n) is 4.69. The molecule has 3 fully saturated rings. The fraction of sp³-hybridized carbons (Fsp3) is 0.440. The third kappa shape index (κ3) is 3.85. The molecule has 0 bridgehead atoms. The Labute approximate surface area is 196 Å². The SMILES string of the molecule is O=C1OCCC1N1Cc2ccc(N3CC[C@@H](Oc4ccc(OCC5CC5)nc4)C3=O)cc2C1=O. The Morgan fingerprint density at radius 2 is 1.94 bits per heavy atom. The van der Waals surface area contributed by atoms with E-state index >= 15 is 0 Å². The van der Waals surface area contributed by atoms with Crippen molar-refractivity contribution in [2.24, 2.45) is 5.92 Å². The lowest BCUT2D eigenvalue weighted by Crippen LogP contribution is -2.38. The summed E-state index contributed by atoms with van der Waals surface area (Å²) < 4.78 is 16.6.